The normalized spacial score (nSPS) is 12.1. The Morgan fingerprint density at radius 1 is 1.69 bits per heavy atom. The van der Waals surface area contributed by atoms with Crippen LogP contribution in [0, 0.1) is 0 Å². The van der Waals surface area contributed by atoms with Crippen LogP contribution in [0.5, 0.6) is 0 Å². The van der Waals surface area contributed by atoms with E-state index in [1.165, 1.54) is 25.3 Å². The Morgan fingerprint density at radius 2 is 2.38 bits per heavy atom. The van der Waals surface area contributed by atoms with Gasteiger partial charge in [0.1, 0.15) is 6.29 Å². The first kappa shape index (κ1) is 9.38. The second-order valence-corrected chi connectivity index (χ2v) is 2.69. The summed E-state index contributed by atoms with van der Waals surface area (Å²) in [4.78, 5) is 24.8. The Balaban J connectivity index is 3.01. The Morgan fingerprint density at radius 3 is 2.92 bits per heavy atom. The van der Waals surface area contributed by atoms with E-state index >= 15 is 0 Å². The highest BCUT2D eigenvalue weighted by atomic mass is 16.4. The summed E-state index contributed by atoms with van der Waals surface area (Å²) in [5.41, 5.74) is 0.843. The van der Waals surface area contributed by atoms with Crippen molar-refractivity contribution in [1.82, 2.24) is 4.98 Å². The molecule has 0 fully saturated rings. The largest absolute Gasteiger partial charge is 0.481 e. The molecule has 0 aromatic carbocycles. The number of carbonyl (C=O) groups is 2. The summed E-state index contributed by atoms with van der Waals surface area (Å²) in [5.74, 6) is -1.63. The van der Waals surface area contributed by atoms with Crippen molar-refractivity contribution in [3.8, 4) is 0 Å². The van der Waals surface area contributed by atoms with Gasteiger partial charge in [0.25, 0.3) is 0 Å². The molecule has 1 unspecified atom stereocenters. The molecular formula is C9H9NO3. The molecular weight excluding hydrogens is 170 g/mol. The maximum absolute atomic E-state index is 10.6. The van der Waals surface area contributed by atoms with Gasteiger partial charge in [0, 0.05) is 11.8 Å². The topological polar surface area (TPSA) is 67.3 Å². The summed E-state index contributed by atoms with van der Waals surface area (Å²) < 4.78 is 0. The van der Waals surface area contributed by atoms with Gasteiger partial charge in [-0.05, 0) is 19.1 Å². The van der Waals surface area contributed by atoms with Crippen molar-refractivity contribution in [2.24, 2.45) is 0 Å². The molecule has 1 atom stereocenters. The lowest BCUT2D eigenvalue weighted by atomic mass is 10.1. The smallest absolute Gasteiger partial charge is 0.312 e. The van der Waals surface area contributed by atoms with E-state index in [4.69, 9.17) is 5.11 Å². The maximum atomic E-state index is 10.6. The molecule has 0 aliphatic rings. The number of nitrogens with zero attached hydrogens (tertiary/aromatic N) is 1. The Labute approximate surface area is 75.2 Å². The van der Waals surface area contributed by atoms with E-state index in [0.717, 1.165) is 0 Å². The van der Waals surface area contributed by atoms with E-state index in [1.807, 2.05) is 0 Å². The van der Waals surface area contributed by atoms with Crippen molar-refractivity contribution in [2.45, 2.75) is 12.8 Å². The average Bonchev–Trinajstić information content (AvgIpc) is 2.16. The first-order valence-electron chi connectivity index (χ1n) is 3.79. The van der Waals surface area contributed by atoms with E-state index in [9.17, 15) is 9.59 Å². The Hall–Kier alpha value is -1.71. The zero-order valence-electron chi connectivity index (χ0n) is 7.10. The number of aromatic nitrogens is 1. The van der Waals surface area contributed by atoms with Crippen LogP contribution in [-0.4, -0.2) is 22.3 Å². The molecule has 1 aromatic rings. The number of aliphatic carboxylic acids is 1. The van der Waals surface area contributed by atoms with Crippen LogP contribution in [0.1, 0.15) is 28.9 Å². The highest BCUT2D eigenvalue weighted by Crippen LogP contribution is 2.12. The molecule has 4 heteroatoms. The molecule has 1 heterocycles. The molecule has 13 heavy (non-hydrogen) atoms. The minimum Gasteiger partial charge on any atom is -0.481 e. The second kappa shape index (κ2) is 3.80. The summed E-state index contributed by atoms with van der Waals surface area (Å²) in [5, 5.41) is 8.67. The fraction of sp³-hybridized carbons (Fsp3) is 0.222. The van der Waals surface area contributed by atoms with Crippen LogP contribution in [0.15, 0.2) is 18.3 Å². The van der Waals surface area contributed by atoms with Crippen molar-refractivity contribution < 1.29 is 14.7 Å². The van der Waals surface area contributed by atoms with Crippen molar-refractivity contribution >= 4 is 12.3 Å². The number of hydrogen-bond acceptors (Lipinski definition) is 3. The molecule has 0 radical (unpaired) electrons. The monoisotopic (exact) mass is 179 g/mol. The molecule has 0 aliphatic heterocycles. The van der Waals surface area contributed by atoms with Gasteiger partial charge in [0.15, 0.2) is 0 Å². The summed E-state index contributed by atoms with van der Waals surface area (Å²) in [7, 11) is 0. The van der Waals surface area contributed by atoms with Gasteiger partial charge in [0.05, 0.1) is 11.6 Å². The zero-order valence-corrected chi connectivity index (χ0v) is 7.10. The van der Waals surface area contributed by atoms with Crippen molar-refractivity contribution in [3.05, 3.63) is 29.6 Å². The van der Waals surface area contributed by atoms with Gasteiger partial charge in [-0.15, -0.1) is 0 Å². The SMILES string of the molecule is CC(C(=O)O)c1cc(C=O)ccn1. The summed E-state index contributed by atoms with van der Waals surface area (Å²) >= 11 is 0. The molecule has 1 aromatic heterocycles. The predicted molar refractivity (Wildman–Crippen MR) is 45.7 cm³/mol. The lowest BCUT2D eigenvalue weighted by Crippen LogP contribution is -2.09. The van der Waals surface area contributed by atoms with E-state index in [0.29, 0.717) is 17.5 Å². The Kier molecular flexibility index (Phi) is 2.74. The number of hydrogen-bond donors (Lipinski definition) is 1. The quantitative estimate of drug-likeness (QED) is 0.705. The van der Waals surface area contributed by atoms with Gasteiger partial charge >= 0.3 is 5.97 Å². The van der Waals surface area contributed by atoms with Gasteiger partial charge in [0.2, 0.25) is 0 Å². The van der Waals surface area contributed by atoms with E-state index in [2.05, 4.69) is 4.98 Å². The Bertz CT molecular complexity index is 335. The van der Waals surface area contributed by atoms with Crippen LogP contribution in [0.25, 0.3) is 0 Å². The fourth-order valence-electron chi connectivity index (χ4n) is 0.902. The third-order valence-electron chi connectivity index (χ3n) is 1.76. The number of carbonyl (C=O) groups excluding carboxylic acids is 1. The van der Waals surface area contributed by atoms with Crippen molar-refractivity contribution in [2.75, 3.05) is 0 Å². The minimum absolute atomic E-state index is 0.400. The van der Waals surface area contributed by atoms with Gasteiger partial charge in [-0.3, -0.25) is 14.6 Å². The molecule has 1 N–H and O–H groups in total. The lowest BCUT2D eigenvalue weighted by Gasteiger charge is -2.04. The van der Waals surface area contributed by atoms with Gasteiger partial charge < -0.3 is 5.11 Å². The van der Waals surface area contributed by atoms with Gasteiger partial charge in [-0.2, -0.15) is 0 Å². The lowest BCUT2D eigenvalue weighted by molar-refractivity contribution is -0.138. The van der Waals surface area contributed by atoms with Crippen LogP contribution in [0.4, 0.5) is 0 Å². The minimum atomic E-state index is -0.949. The number of pyridine rings is 1. The van der Waals surface area contributed by atoms with E-state index < -0.39 is 11.9 Å². The first-order chi connectivity index (χ1) is 6.15. The molecule has 0 spiro atoms. The average molecular weight is 179 g/mol. The summed E-state index contributed by atoms with van der Waals surface area (Å²) in [6, 6.07) is 3.01. The van der Waals surface area contributed by atoms with Crippen LogP contribution in [0.2, 0.25) is 0 Å². The van der Waals surface area contributed by atoms with Gasteiger partial charge in [-0.1, -0.05) is 0 Å². The number of carboxylic acids is 1. The van der Waals surface area contributed by atoms with Crippen LogP contribution < -0.4 is 0 Å². The molecule has 0 saturated carbocycles. The number of carboxylic acid groups (broad SMARTS) is 1. The number of aldehydes is 1. The van der Waals surface area contributed by atoms with Crippen molar-refractivity contribution in [1.29, 1.82) is 0 Å². The van der Waals surface area contributed by atoms with E-state index in [1.54, 1.807) is 0 Å². The van der Waals surface area contributed by atoms with Crippen LogP contribution in [0.3, 0.4) is 0 Å². The molecule has 68 valence electrons. The summed E-state index contributed by atoms with van der Waals surface area (Å²) in [6.45, 7) is 1.53. The molecule has 0 saturated heterocycles. The third kappa shape index (κ3) is 2.11. The molecule has 1 rings (SSSR count). The second-order valence-electron chi connectivity index (χ2n) is 2.69. The predicted octanol–water partition coefficient (Wildman–Crippen LogP) is 1.08. The maximum Gasteiger partial charge on any atom is 0.312 e. The standard InChI is InChI=1S/C9H9NO3/c1-6(9(12)13)8-4-7(5-11)2-3-10-8/h2-6H,1H3,(H,12,13). The summed E-state index contributed by atoms with van der Waals surface area (Å²) in [6.07, 6.45) is 2.10. The highest BCUT2D eigenvalue weighted by Gasteiger charge is 2.14. The third-order valence-corrected chi connectivity index (χ3v) is 1.76. The number of rotatable bonds is 3. The van der Waals surface area contributed by atoms with Crippen LogP contribution in [-0.2, 0) is 4.79 Å². The van der Waals surface area contributed by atoms with Crippen LogP contribution >= 0.6 is 0 Å². The molecule has 0 bridgehead atoms. The highest BCUT2D eigenvalue weighted by molar-refractivity contribution is 5.78. The van der Waals surface area contributed by atoms with Crippen molar-refractivity contribution in [3.63, 3.8) is 0 Å². The molecule has 0 amide bonds. The van der Waals surface area contributed by atoms with Gasteiger partial charge in [-0.25, -0.2) is 0 Å². The fourth-order valence-corrected chi connectivity index (χ4v) is 0.902. The zero-order chi connectivity index (χ0) is 9.84. The molecule has 0 aliphatic carbocycles. The molecule has 4 nitrogen and oxygen atoms in total. The van der Waals surface area contributed by atoms with E-state index in [-0.39, 0.29) is 0 Å². The first-order valence-corrected chi connectivity index (χ1v) is 3.79.